The standard InChI is InChI=1S/C9H13BO6.Li.H/c1-3-5-9(6-4-2,7(11)12)8(13)16-10(14)15;;/h3-4,14-15H,1-2,5-6H2,(H,11,12);;/q;+1;-1. The maximum absolute atomic E-state index is 11.5. The average Bonchev–Trinajstić information content (AvgIpc) is 2.15. The number of allylic oxidation sites excluding steroid dienone is 2. The Hall–Kier alpha value is -0.998. The third-order valence-electron chi connectivity index (χ3n) is 2.00. The van der Waals surface area contributed by atoms with Gasteiger partial charge in [-0.15, -0.1) is 13.2 Å². The summed E-state index contributed by atoms with van der Waals surface area (Å²) in [5, 5.41) is 26.0. The summed E-state index contributed by atoms with van der Waals surface area (Å²) in [6, 6.07) is 0. The number of carbonyl (C=O) groups excluding carboxylic acids is 1. The van der Waals surface area contributed by atoms with Crippen molar-refractivity contribution in [1.82, 2.24) is 0 Å². The molecule has 0 unspecified atom stereocenters. The smallest absolute Gasteiger partial charge is 1.00 e. The molecule has 3 N–H and O–H groups in total. The first-order valence-electron chi connectivity index (χ1n) is 4.43. The fourth-order valence-electron chi connectivity index (χ4n) is 1.21. The van der Waals surface area contributed by atoms with Gasteiger partial charge in [0, 0.05) is 0 Å². The maximum Gasteiger partial charge on any atom is 1.00 e. The van der Waals surface area contributed by atoms with Crippen LogP contribution in [0.2, 0.25) is 0 Å². The van der Waals surface area contributed by atoms with Gasteiger partial charge >= 0.3 is 38.1 Å². The normalized spacial score (nSPS) is 9.76. The Bertz CT molecular complexity index is 299. The Morgan fingerprint density at radius 2 is 1.71 bits per heavy atom. The van der Waals surface area contributed by atoms with Crippen molar-refractivity contribution in [2.24, 2.45) is 5.41 Å². The molecule has 0 aliphatic carbocycles. The van der Waals surface area contributed by atoms with E-state index >= 15 is 0 Å². The quantitative estimate of drug-likeness (QED) is 0.245. The van der Waals surface area contributed by atoms with Crippen molar-refractivity contribution in [3.8, 4) is 0 Å². The largest absolute Gasteiger partial charge is 1.00 e. The molecule has 0 aromatic heterocycles. The van der Waals surface area contributed by atoms with E-state index in [9.17, 15) is 9.59 Å². The average molecular weight is 236 g/mol. The van der Waals surface area contributed by atoms with Gasteiger partial charge in [0.1, 0.15) is 0 Å². The second-order valence-electron chi connectivity index (χ2n) is 3.10. The predicted octanol–water partition coefficient (Wildman–Crippen LogP) is -3.16. The molecule has 0 saturated heterocycles. The van der Waals surface area contributed by atoms with E-state index < -0.39 is 24.7 Å². The topological polar surface area (TPSA) is 104 Å². The predicted molar refractivity (Wildman–Crippen MR) is 57.1 cm³/mol. The van der Waals surface area contributed by atoms with E-state index in [2.05, 4.69) is 17.8 Å². The Morgan fingerprint density at radius 3 is 1.94 bits per heavy atom. The van der Waals surface area contributed by atoms with Gasteiger partial charge in [0.2, 0.25) is 0 Å². The van der Waals surface area contributed by atoms with Gasteiger partial charge in [-0.2, -0.15) is 0 Å². The maximum atomic E-state index is 11.5. The van der Waals surface area contributed by atoms with Gasteiger partial charge in [-0.3, -0.25) is 9.59 Å². The monoisotopic (exact) mass is 236 g/mol. The molecule has 0 aliphatic heterocycles. The van der Waals surface area contributed by atoms with Gasteiger partial charge in [0.15, 0.2) is 5.41 Å². The van der Waals surface area contributed by atoms with Crippen LogP contribution in [-0.4, -0.2) is 34.4 Å². The summed E-state index contributed by atoms with van der Waals surface area (Å²) in [6.45, 7) is 6.68. The zero-order valence-corrected chi connectivity index (χ0v) is 9.63. The molecule has 0 fully saturated rings. The molecule has 0 radical (unpaired) electrons. The number of carboxylic acids is 1. The third kappa shape index (κ3) is 4.79. The van der Waals surface area contributed by atoms with Crippen LogP contribution in [0.1, 0.15) is 14.3 Å². The number of hydrogen-bond donors (Lipinski definition) is 3. The Labute approximate surface area is 113 Å². The molecular formula is C9H14BLiO6. The molecule has 0 aromatic rings. The van der Waals surface area contributed by atoms with Crippen molar-refractivity contribution in [1.29, 1.82) is 0 Å². The molecule has 0 aliphatic rings. The van der Waals surface area contributed by atoms with Crippen molar-refractivity contribution in [2.45, 2.75) is 12.8 Å². The molecule has 0 aromatic carbocycles. The molecule has 90 valence electrons. The minimum absolute atomic E-state index is 0. The molecular weight excluding hydrogens is 222 g/mol. The Kier molecular flexibility index (Phi) is 8.80. The molecule has 8 heteroatoms. The molecule has 0 amide bonds. The molecule has 0 saturated carbocycles. The van der Waals surface area contributed by atoms with E-state index in [4.69, 9.17) is 15.2 Å². The van der Waals surface area contributed by atoms with Crippen LogP contribution in [0, 0.1) is 5.41 Å². The van der Waals surface area contributed by atoms with E-state index in [1.807, 2.05) is 0 Å². The van der Waals surface area contributed by atoms with Crippen LogP contribution in [-0.2, 0) is 14.2 Å². The molecule has 0 atom stereocenters. The molecule has 17 heavy (non-hydrogen) atoms. The van der Waals surface area contributed by atoms with Gasteiger partial charge in [0.25, 0.3) is 0 Å². The van der Waals surface area contributed by atoms with Gasteiger partial charge in [-0.25, -0.2) is 0 Å². The number of aliphatic carboxylic acids is 1. The van der Waals surface area contributed by atoms with Crippen LogP contribution in [0.3, 0.4) is 0 Å². The molecule has 6 nitrogen and oxygen atoms in total. The SMILES string of the molecule is C=CCC(CC=C)(C(=O)O)C(=O)OB(O)O.[H-].[Li+]. The number of hydrogen-bond acceptors (Lipinski definition) is 5. The van der Waals surface area contributed by atoms with E-state index in [-0.39, 0.29) is 33.1 Å². The molecule has 0 heterocycles. The van der Waals surface area contributed by atoms with E-state index in [1.165, 1.54) is 12.2 Å². The minimum Gasteiger partial charge on any atom is -1.00 e. The molecule has 0 bridgehead atoms. The first-order valence-corrected chi connectivity index (χ1v) is 4.43. The fourth-order valence-corrected chi connectivity index (χ4v) is 1.21. The van der Waals surface area contributed by atoms with E-state index in [1.54, 1.807) is 0 Å². The minimum atomic E-state index is -2.35. The number of rotatable bonds is 7. The summed E-state index contributed by atoms with van der Waals surface area (Å²) in [7, 11) is -2.35. The van der Waals surface area contributed by atoms with Crippen LogP contribution in [0.15, 0.2) is 25.3 Å². The van der Waals surface area contributed by atoms with Gasteiger partial charge in [-0.1, -0.05) is 12.2 Å². The van der Waals surface area contributed by atoms with Crippen LogP contribution >= 0.6 is 0 Å². The summed E-state index contributed by atoms with van der Waals surface area (Å²) in [5.41, 5.74) is -1.91. The van der Waals surface area contributed by atoms with Crippen LogP contribution in [0.25, 0.3) is 0 Å². The summed E-state index contributed by atoms with van der Waals surface area (Å²) in [4.78, 5) is 22.5. The van der Waals surface area contributed by atoms with Gasteiger partial charge < -0.3 is 21.2 Å². The van der Waals surface area contributed by atoms with Crippen molar-refractivity contribution >= 4 is 19.3 Å². The first kappa shape index (κ1) is 18.4. The van der Waals surface area contributed by atoms with Crippen molar-refractivity contribution in [2.75, 3.05) is 0 Å². The van der Waals surface area contributed by atoms with Gasteiger partial charge in [-0.05, 0) is 12.8 Å². The summed E-state index contributed by atoms with van der Waals surface area (Å²) in [5.74, 6) is -2.67. The zero-order chi connectivity index (χ0) is 12.8. The number of carboxylic acid groups (broad SMARTS) is 1. The third-order valence-corrected chi connectivity index (χ3v) is 2.00. The summed E-state index contributed by atoms with van der Waals surface area (Å²) < 4.78 is 4.08. The van der Waals surface area contributed by atoms with Crippen LogP contribution in [0.5, 0.6) is 0 Å². The molecule has 0 rings (SSSR count). The molecule has 0 spiro atoms. The van der Waals surface area contributed by atoms with Crippen molar-refractivity contribution < 1.29 is 49.7 Å². The second-order valence-corrected chi connectivity index (χ2v) is 3.10. The van der Waals surface area contributed by atoms with Crippen LogP contribution < -0.4 is 18.9 Å². The van der Waals surface area contributed by atoms with Crippen LogP contribution in [0.4, 0.5) is 0 Å². The van der Waals surface area contributed by atoms with Crippen molar-refractivity contribution in [3.63, 3.8) is 0 Å². The Morgan fingerprint density at radius 1 is 1.29 bits per heavy atom. The summed E-state index contributed by atoms with van der Waals surface area (Å²) >= 11 is 0. The van der Waals surface area contributed by atoms with E-state index in [0.717, 1.165) is 0 Å². The first-order chi connectivity index (χ1) is 7.40. The number of carbonyl (C=O) groups is 2. The summed E-state index contributed by atoms with van der Waals surface area (Å²) in [6.07, 6.45) is 2.09. The fraction of sp³-hybridized carbons (Fsp3) is 0.333. The van der Waals surface area contributed by atoms with Gasteiger partial charge in [0.05, 0.1) is 0 Å². The van der Waals surface area contributed by atoms with E-state index in [0.29, 0.717) is 0 Å². The Balaban J connectivity index is -0.00000112. The zero-order valence-electron chi connectivity index (χ0n) is 10.6. The van der Waals surface area contributed by atoms with Crippen molar-refractivity contribution in [3.05, 3.63) is 25.3 Å². The second kappa shape index (κ2) is 8.15.